The van der Waals surface area contributed by atoms with Crippen LogP contribution < -0.4 is 0 Å². The van der Waals surface area contributed by atoms with Gasteiger partial charge in [0.05, 0.1) is 26.3 Å². The predicted octanol–water partition coefficient (Wildman–Crippen LogP) is 6.07. The highest BCUT2D eigenvalue weighted by Gasteiger charge is 2.36. The number of thiophene rings is 1. The molecule has 1 aliphatic rings. The smallest absolute Gasteiger partial charge is 0.417 e. The van der Waals surface area contributed by atoms with E-state index < -0.39 is 23.6 Å². The first-order chi connectivity index (χ1) is 12.7. The van der Waals surface area contributed by atoms with E-state index in [4.69, 9.17) is 11.6 Å². The lowest BCUT2D eigenvalue weighted by Crippen LogP contribution is -2.39. The van der Waals surface area contributed by atoms with E-state index in [1.165, 1.54) is 17.4 Å². The molecule has 9 heteroatoms. The third-order valence-corrected chi connectivity index (χ3v) is 6.72. The molecule has 1 aliphatic heterocycles. The summed E-state index contributed by atoms with van der Waals surface area (Å²) in [7, 11) is 0. The Morgan fingerprint density at radius 1 is 1.26 bits per heavy atom. The summed E-state index contributed by atoms with van der Waals surface area (Å²) in [5, 5.41) is 8.86. The van der Waals surface area contributed by atoms with Crippen molar-refractivity contribution in [3.8, 4) is 0 Å². The van der Waals surface area contributed by atoms with E-state index in [0.29, 0.717) is 31.5 Å². The number of aliphatic carboxylic acids is 1. The average Bonchev–Trinajstić information content (AvgIpc) is 3.02. The van der Waals surface area contributed by atoms with Crippen LogP contribution in [-0.4, -0.2) is 29.1 Å². The molecule has 0 bridgehead atoms. The summed E-state index contributed by atoms with van der Waals surface area (Å²) < 4.78 is 40.8. The van der Waals surface area contributed by atoms with E-state index in [0.717, 1.165) is 14.7 Å². The molecule has 1 atom stereocenters. The Hall–Kier alpha value is -1.09. The SMILES string of the molecule is O=C(O)C1CCN(C(c2ccc(Cl)c(C(F)(F)F)c2)c2ccc(Br)s2)CC1. The number of halogens is 5. The predicted molar refractivity (Wildman–Crippen MR) is 102 cm³/mol. The molecule has 1 N–H and O–H groups in total. The molecule has 2 aromatic rings. The first kappa shape index (κ1) is 20.6. The Morgan fingerprint density at radius 3 is 2.44 bits per heavy atom. The second-order valence-corrected chi connectivity index (χ2v) is 9.33. The first-order valence-electron chi connectivity index (χ1n) is 8.25. The Bertz CT molecular complexity index is 834. The summed E-state index contributed by atoms with van der Waals surface area (Å²) in [6, 6.07) is 7.35. The Labute approximate surface area is 171 Å². The number of alkyl halides is 3. The van der Waals surface area contributed by atoms with Crippen LogP contribution in [0.1, 0.15) is 34.9 Å². The molecule has 1 saturated heterocycles. The lowest BCUT2D eigenvalue weighted by atomic mass is 9.93. The van der Waals surface area contributed by atoms with Gasteiger partial charge in [0.2, 0.25) is 0 Å². The van der Waals surface area contributed by atoms with Crippen LogP contribution in [0.15, 0.2) is 34.1 Å². The number of carbonyl (C=O) groups is 1. The van der Waals surface area contributed by atoms with Crippen LogP contribution in [-0.2, 0) is 11.0 Å². The van der Waals surface area contributed by atoms with E-state index >= 15 is 0 Å². The van der Waals surface area contributed by atoms with Gasteiger partial charge in [0, 0.05) is 4.88 Å². The van der Waals surface area contributed by atoms with Crippen LogP contribution >= 0.6 is 38.9 Å². The third kappa shape index (κ3) is 4.67. The van der Waals surface area contributed by atoms with Gasteiger partial charge >= 0.3 is 12.1 Å². The van der Waals surface area contributed by atoms with Crippen LogP contribution in [0.25, 0.3) is 0 Å². The fourth-order valence-corrected chi connectivity index (χ4v) is 5.18. The molecule has 2 heterocycles. The van der Waals surface area contributed by atoms with Crippen molar-refractivity contribution in [2.75, 3.05) is 13.1 Å². The van der Waals surface area contributed by atoms with Gasteiger partial charge in [0.15, 0.2) is 0 Å². The Morgan fingerprint density at radius 2 is 1.93 bits per heavy atom. The largest absolute Gasteiger partial charge is 0.481 e. The van der Waals surface area contributed by atoms with Crippen molar-refractivity contribution in [2.45, 2.75) is 25.1 Å². The minimum Gasteiger partial charge on any atom is -0.481 e. The van der Waals surface area contributed by atoms with Gasteiger partial charge < -0.3 is 5.11 Å². The number of piperidine rings is 1. The molecule has 3 nitrogen and oxygen atoms in total. The number of carboxylic acids is 1. The second-order valence-electron chi connectivity index (χ2n) is 6.43. The summed E-state index contributed by atoms with van der Waals surface area (Å²) in [5.41, 5.74) is -0.363. The van der Waals surface area contributed by atoms with Gasteiger partial charge in [-0.25, -0.2) is 0 Å². The monoisotopic (exact) mass is 481 g/mol. The van der Waals surface area contributed by atoms with Crippen LogP contribution in [0.3, 0.4) is 0 Å². The van der Waals surface area contributed by atoms with Crippen LogP contribution in [0.2, 0.25) is 5.02 Å². The third-order valence-electron chi connectivity index (χ3n) is 4.72. The normalized spacial score (nSPS) is 17.8. The molecule has 3 rings (SSSR count). The second kappa shape index (κ2) is 8.11. The van der Waals surface area contributed by atoms with E-state index in [-0.39, 0.29) is 11.1 Å². The van der Waals surface area contributed by atoms with E-state index in [1.807, 2.05) is 17.0 Å². The number of nitrogens with zero attached hydrogens (tertiary/aromatic N) is 1. The maximum atomic E-state index is 13.3. The average molecular weight is 483 g/mol. The molecule has 0 saturated carbocycles. The number of carboxylic acid groups (broad SMARTS) is 1. The minimum absolute atomic E-state index is 0.332. The summed E-state index contributed by atoms with van der Waals surface area (Å²) >= 11 is 10.6. The van der Waals surface area contributed by atoms with Crippen molar-refractivity contribution >= 4 is 44.8 Å². The first-order valence-corrected chi connectivity index (χ1v) is 10.2. The molecule has 0 aliphatic carbocycles. The highest BCUT2D eigenvalue weighted by atomic mass is 79.9. The molecule has 1 fully saturated rings. The van der Waals surface area contributed by atoms with E-state index in [9.17, 15) is 23.1 Å². The zero-order valence-electron chi connectivity index (χ0n) is 14.0. The molecular weight excluding hydrogens is 467 g/mol. The van der Waals surface area contributed by atoms with Gasteiger partial charge in [-0.2, -0.15) is 13.2 Å². The molecule has 1 aromatic heterocycles. The molecular formula is C18H16BrClF3NO2S. The fourth-order valence-electron chi connectivity index (χ4n) is 3.37. The molecule has 0 spiro atoms. The Kier molecular flexibility index (Phi) is 6.20. The topological polar surface area (TPSA) is 40.5 Å². The van der Waals surface area contributed by atoms with E-state index in [2.05, 4.69) is 15.9 Å². The highest BCUT2D eigenvalue weighted by Crippen LogP contribution is 2.41. The van der Waals surface area contributed by atoms with Gasteiger partial charge in [0.1, 0.15) is 0 Å². The summed E-state index contributed by atoms with van der Waals surface area (Å²) in [6.45, 7) is 1.00. The zero-order chi connectivity index (χ0) is 19.8. The van der Waals surface area contributed by atoms with Gasteiger partial charge in [-0.15, -0.1) is 11.3 Å². The van der Waals surface area contributed by atoms with Crippen molar-refractivity contribution in [2.24, 2.45) is 5.92 Å². The van der Waals surface area contributed by atoms with Crippen molar-refractivity contribution in [1.29, 1.82) is 0 Å². The number of benzene rings is 1. The minimum atomic E-state index is -4.54. The molecule has 146 valence electrons. The fraction of sp³-hybridized carbons (Fsp3) is 0.389. The number of hydrogen-bond donors (Lipinski definition) is 1. The molecule has 1 unspecified atom stereocenters. The Balaban J connectivity index is 1.98. The number of likely N-dealkylation sites (tertiary alicyclic amines) is 1. The van der Waals surface area contributed by atoms with Gasteiger partial charge in [-0.1, -0.05) is 17.7 Å². The van der Waals surface area contributed by atoms with Crippen molar-refractivity contribution in [1.82, 2.24) is 4.90 Å². The maximum absolute atomic E-state index is 13.3. The van der Waals surface area contributed by atoms with Crippen LogP contribution in [0, 0.1) is 5.92 Å². The summed E-state index contributed by atoms with van der Waals surface area (Å²) in [5.74, 6) is -1.23. The van der Waals surface area contributed by atoms with Crippen molar-refractivity contribution in [3.63, 3.8) is 0 Å². The van der Waals surface area contributed by atoms with Crippen LogP contribution in [0.5, 0.6) is 0 Å². The molecule has 0 amide bonds. The van der Waals surface area contributed by atoms with Crippen molar-refractivity contribution in [3.05, 3.63) is 55.1 Å². The van der Waals surface area contributed by atoms with Gasteiger partial charge in [-0.05, 0) is 71.7 Å². The lowest BCUT2D eigenvalue weighted by Gasteiger charge is -2.36. The van der Waals surface area contributed by atoms with Gasteiger partial charge in [0.25, 0.3) is 0 Å². The maximum Gasteiger partial charge on any atom is 0.417 e. The summed E-state index contributed by atoms with van der Waals surface area (Å²) in [6.07, 6.45) is -3.60. The van der Waals surface area contributed by atoms with E-state index in [1.54, 1.807) is 6.07 Å². The zero-order valence-corrected chi connectivity index (χ0v) is 17.1. The molecule has 27 heavy (non-hydrogen) atoms. The van der Waals surface area contributed by atoms with Crippen LogP contribution in [0.4, 0.5) is 13.2 Å². The molecule has 0 radical (unpaired) electrons. The lowest BCUT2D eigenvalue weighted by molar-refractivity contribution is -0.143. The quantitative estimate of drug-likeness (QED) is 0.575. The van der Waals surface area contributed by atoms with Crippen molar-refractivity contribution < 1.29 is 23.1 Å². The highest BCUT2D eigenvalue weighted by molar-refractivity contribution is 9.11. The molecule has 1 aromatic carbocycles. The van der Waals surface area contributed by atoms with Gasteiger partial charge in [-0.3, -0.25) is 9.69 Å². The standard InChI is InChI=1S/C18H16BrClF3NO2S/c19-15-4-3-14(27-15)16(24-7-5-10(6-8-24)17(25)26)11-1-2-13(20)12(9-11)18(21,22)23/h1-4,9-10,16H,5-8H2,(H,25,26). The number of hydrogen-bond acceptors (Lipinski definition) is 3. The summed E-state index contributed by atoms with van der Waals surface area (Å²) in [4.78, 5) is 14.1. The number of rotatable bonds is 4.